The van der Waals surface area contributed by atoms with Crippen molar-refractivity contribution < 1.29 is 4.79 Å². The SMILES string of the molecule is Cc1[nH]c(=O)[nH]c(=O)c1C=NNC(=O)C(C)N.Cl. The number of H-pyrrole nitrogens is 2. The Hall–Kier alpha value is -1.93. The van der Waals surface area contributed by atoms with Gasteiger partial charge in [-0.05, 0) is 13.8 Å². The molecule has 0 radical (unpaired) electrons. The molecule has 0 spiro atoms. The predicted molar refractivity (Wildman–Crippen MR) is 69.1 cm³/mol. The van der Waals surface area contributed by atoms with Crippen LogP contribution in [0.1, 0.15) is 18.2 Å². The number of hydrogen-bond donors (Lipinski definition) is 4. The number of rotatable bonds is 3. The molecule has 0 fully saturated rings. The van der Waals surface area contributed by atoms with E-state index in [0.29, 0.717) is 5.69 Å². The summed E-state index contributed by atoms with van der Waals surface area (Å²) in [5, 5.41) is 3.57. The van der Waals surface area contributed by atoms with Crippen LogP contribution in [0.15, 0.2) is 14.7 Å². The number of aryl methyl sites for hydroxylation is 1. The number of carbonyl (C=O) groups is 1. The van der Waals surface area contributed by atoms with Crippen LogP contribution in [-0.2, 0) is 4.79 Å². The fraction of sp³-hybridized carbons (Fsp3) is 0.333. The minimum absolute atomic E-state index is 0. The quantitative estimate of drug-likeness (QED) is 0.398. The van der Waals surface area contributed by atoms with Crippen molar-refractivity contribution in [3.63, 3.8) is 0 Å². The molecule has 1 heterocycles. The first kappa shape index (κ1) is 16.1. The van der Waals surface area contributed by atoms with E-state index in [2.05, 4.69) is 15.5 Å². The first-order chi connectivity index (χ1) is 7.91. The molecule has 0 aliphatic heterocycles. The Labute approximate surface area is 108 Å². The maximum Gasteiger partial charge on any atom is 0.325 e. The second-order valence-electron chi connectivity index (χ2n) is 3.47. The van der Waals surface area contributed by atoms with E-state index in [-0.39, 0.29) is 18.0 Å². The summed E-state index contributed by atoms with van der Waals surface area (Å²) in [6, 6.07) is -0.692. The van der Waals surface area contributed by atoms with Crippen LogP contribution in [0.5, 0.6) is 0 Å². The number of nitrogens with two attached hydrogens (primary N) is 1. The molecule has 1 rings (SSSR count). The fourth-order valence-electron chi connectivity index (χ4n) is 1.03. The molecule has 100 valence electrons. The monoisotopic (exact) mass is 275 g/mol. The van der Waals surface area contributed by atoms with Crippen molar-refractivity contribution in [1.29, 1.82) is 0 Å². The summed E-state index contributed by atoms with van der Waals surface area (Å²) in [7, 11) is 0. The van der Waals surface area contributed by atoms with Gasteiger partial charge in [-0.15, -0.1) is 12.4 Å². The highest BCUT2D eigenvalue weighted by Crippen LogP contribution is 1.89. The van der Waals surface area contributed by atoms with Crippen molar-refractivity contribution in [3.8, 4) is 0 Å². The molecule has 0 saturated heterocycles. The largest absolute Gasteiger partial charge is 0.325 e. The second kappa shape index (κ2) is 6.72. The molecule has 5 N–H and O–H groups in total. The van der Waals surface area contributed by atoms with Crippen LogP contribution < -0.4 is 22.4 Å². The third kappa shape index (κ3) is 4.15. The number of aromatic nitrogens is 2. The van der Waals surface area contributed by atoms with Crippen LogP contribution in [0, 0.1) is 6.92 Å². The van der Waals surface area contributed by atoms with E-state index in [1.54, 1.807) is 6.92 Å². The normalized spacial score (nSPS) is 11.9. The molecule has 0 saturated carbocycles. The van der Waals surface area contributed by atoms with Crippen molar-refractivity contribution in [3.05, 3.63) is 32.1 Å². The number of halogens is 1. The molecule has 1 unspecified atom stereocenters. The molecule has 0 bridgehead atoms. The maximum atomic E-state index is 11.4. The van der Waals surface area contributed by atoms with E-state index in [1.807, 2.05) is 4.98 Å². The number of hydrazone groups is 1. The molecule has 1 amide bonds. The lowest BCUT2D eigenvalue weighted by atomic mass is 10.2. The average Bonchev–Trinajstić information content (AvgIpc) is 2.21. The molecular formula is C9H14ClN5O3. The van der Waals surface area contributed by atoms with Gasteiger partial charge >= 0.3 is 5.69 Å². The van der Waals surface area contributed by atoms with E-state index >= 15 is 0 Å². The van der Waals surface area contributed by atoms with Crippen molar-refractivity contribution >= 4 is 24.5 Å². The third-order valence-electron chi connectivity index (χ3n) is 1.96. The number of amides is 1. The van der Waals surface area contributed by atoms with Gasteiger partial charge in [-0.3, -0.25) is 14.6 Å². The van der Waals surface area contributed by atoms with E-state index in [9.17, 15) is 14.4 Å². The van der Waals surface area contributed by atoms with Crippen molar-refractivity contribution in [1.82, 2.24) is 15.4 Å². The Balaban J connectivity index is 0.00000289. The zero-order chi connectivity index (χ0) is 13.0. The van der Waals surface area contributed by atoms with Gasteiger partial charge in [-0.1, -0.05) is 0 Å². The summed E-state index contributed by atoms with van der Waals surface area (Å²) in [6.07, 6.45) is 1.14. The van der Waals surface area contributed by atoms with Gasteiger partial charge in [-0.2, -0.15) is 5.10 Å². The highest BCUT2D eigenvalue weighted by molar-refractivity contribution is 5.85. The molecule has 1 aromatic rings. The van der Waals surface area contributed by atoms with Gasteiger partial charge in [0.25, 0.3) is 11.5 Å². The summed E-state index contributed by atoms with van der Waals surface area (Å²) in [6.45, 7) is 3.05. The summed E-state index contributed by atoms with van der Waals surface area (Å²) in [5.41, 5.74) is 6.80. The minimum atomic E-state index is -0.692. The van der Waals surface area contributed by atoms with Crippen LogP contribution in [0.2, 0.25) is 0 Å². The fourth-order valence-corrected chi connectivity index (χ4v) is 1.03. The Morgan fingerprint density at radius 2 is 2.06 bits per heavy atom. The molecular weight excluding hydrogens is 262 g/mol. The number of nitrogens with zero attached hydrogens (tertiary/aromatic N) is 1. The zero-order valence-corrected chi connectivity index (χ0v) is 10.6. The van der Waals surface area contributed by atoms with E-state index < -0.39 is 23.2 Å². The lowest BCUT2D eigenvalue weighted by Crippen LogP contribution is -2.35. The summed E-state index contributed by atoms with van der Waals surface area (Å²) in [4.78, 5) is 37.8. The van der Waals surface area contributed by atoms with Crippen LogP contribution in [-0.4, -0.2) is 28.1 Å². The number of carbonyl (C=O) groups excluding carboxylic acids is 1. The summed E-state index contributed by atoms with van der Waals surface area (Å²) in [5.74, 6) is -0.472. The zero-order valence-electron chi connectivity index (χ0n) is 9.81. The smallest absolute Gasteiger partial charge is 0.320 e. The molecule has 8 nitrogen and oxygen atoms in total. The minimum Gasteiger partial charge on any atom is -0.320 e. The van der Waals surface area contributed by atoms with E-state index in [4.69, 9.17) is 5.73 Å². The van der Waals surface area contributed by atoms with Crippen LogP contribution in [0.25, 0.3) is 0 Å². The number of hydrogen-bond acceptors (Lipinski definition) is 5. The van der Waals surface area contributed by atoms with Gasteiger partial charge in [0.15, 0.2) is 0 Å². The molecule has 1 aromatic heterocycles. The van der Waals surface area contributed by atoms with Crippen LogP contribution in [0.4, 0.5) is 0 Å². The number of nitrogens with one attached hydrogen (secondary N) is 3. The van der Waals surface area contributed by atoms with Gasteiger partial charge in [0.05, 0.1) is 17.8 Å². The van der Waals surface area contributed by atoms with E-state index in [0.717, 1.165) is 6.21 Å². The third-order valence-corrected chi connectivity index (χ3v) is 1.96. The lowest BCUT2D eigenvalue weighted by molar-refractivity contribution is -0.121. The Bertz CT molecular complexity index is 560. The standard InChI is InChI=1S/C9H13N5O3.ClH/c1-4(10)7(15)14-11-3-6-5(2)12-9(17)13-8(6)16;/h3-4H,10H2,1-2H3,(H,14,15)(H2,12,13,16,17);1H. The van der Waals surface area contributed by atoms with E-state index in [1.165, 1.54) is 6.92 Å². The highest BCUT2D eigenvalue weighted by Gasteiger charge is 2.05. The first-order valence-corrected chi connectivity index (χ1v) is 4.83. The van der Waals surface area contributed by atoms with Crippen molar-refractivity contribution in [2.45, 2.75) is 19.9 Å². The molecule has 1 atom stereocenters. The summed E-state index contributed by atoms with van der Waals surface area (Å²) >= 11 is 0. The molecule has 18 heavy (non-hydrogen) atoms. The van der Waals surface area contributed by atoms with Gasteiger partial charge in [0.1, 0.15) is 0 Å². The molecule has 0 aromatic carbocycles. The lowest BCUT2D eigenvalue weighted by Gasteiger charge is -2.02. The second-order valence-corrected chi connectivity index (χ2v) is 3.47. The summed E-state index contributed by atoms with van der Waals surface area (Å²) < 4.78 is 0. The Kier molecular flexibility index (Phi) is 6.00. The first-order valence-electron chi connectivity index (χ1n) is 4.83. The maximum absolute atomic E-state index is 11.4. The van der Waals surface area contributed by atoms with Crippen molar-refractivity contribution in [2.75, 3.05) is 0 Å². The van der Waals surface area contributed by atoms with Crippen molar-refractivity contribution in [2.24, 2.45) is 10.8 Å². The molecule has 0 aliphatic carbocycles. The number of aromatic amines is 2. The Morgan fingerprint density at radius 1 is 1.44 bits per heavy atom. The van der Waals surface area contributed by atoms with Gasteiger partial charge < -0.3 is 10.7 Å². The van der Waals surface area contributed by atoms with Gasteiger partial charge in [-0.25, -0.2) is 10.2 Å². The van der Waals surface area contributed by atoms with Crippen LogP contribution in [0.3, 0.4) is 0 Å². The van der Waals surface area contributed by atoms with Gasteiger partial charge in [0, 0.05) is 5.69 Å². The molecule has 0 aliphatic rings. The molecule has 9 heteroatoms. The predicted octanol–water partition coefficient (Wildman–Crippen LogP) is -1.41. The van der Waals surface area contributed by atoms with Crippen LogP contribution >= 0.6 is 12.4 Å². The Morgan fingerprint density at radius 3 is 2.56 bits per heavy atom. The average molecular weight is 276 g/mol. The topological polar surface area (TPSA) is 133 Å². The highest BCUT2D eigenvalue weighted by atomic mass is 35.5. The van der Waals surface area contributed by atoms with Gasteiger partial charge in [0.2, 0.25) is 0 Å².